The molecular formula is C31H40ClN3O3. The molecule has 2 heterocycles. The van der Waals surface area contributed by atoms with Crippen molar-refractivity contribution in [1.82, 2.24) is 10.2 Å². The number of hydrogen-bond acceptors (Lipinski definition) is 5. The maximum Gasteiger partial charge on any atom is 0.224 e. The molecule has 3 aliphatic rings. The van der Waals surface area contributed by atoms with Crippen LogP contribution in [0.4, 0.5) is 5.69 Å². The zero-order valence-electron chi connectivity index (χ0n) is 22.5. The molecule has 1 atom stereocenters. The summed E-state index contributed by atoms with van der Waals surface area (Å²) in [6, 6.07) is 12.8. The van der Waals surface area contributed by atoms with E-state index in [0.29, 0.717) is 6.54 Å². The number of nitrogens with one attached hydrogen (secondary N) is 1. The van der Waals surface area contributed by atoms with Gasteiger partial charge in [0.25, 0.3) is 0 Å². The van der Waals surface area contributed by atoms with Crippen LogP contribution in [0.3, 0.4) is 0 Å². The number of carbonyl (C=O) groups excluding carboxylic acids is 1. The predicted octanol–water partition coefficient (Wildman–Crippen LogP) is 4.98. The summed E-state index contributed by atoms with van der Waals surface area (Å²) >= 11 is 6.76. The minimum Gasteiger partial charge on any atom is -0.497 e. The summed E-state index contributed by atoms with van der Waals surface area (Å²) in [5.41, 5.74) is 6.31. The van der Waals surface area contributed by atoms with Gasteiger partial charge in [-0.15, -0.1) is 0 Å². The Hall–Kier alpha value is -2.54. The molecule has 2 aromatic rings. The molecular weight excluding hydrogens is 498 g/mol. The normalized spacial score (nSPS) is 22.0. The van der Waals surface area contributed by atoms with E-state index in [1.165, 1.54) is 16.7 Å². The maximum atomic E-state index is 13.0. The Morgan fingerprint density at radius 1 is 1.08 bits per heavy atom. The Morgan fingerprint density at radius 3 is 2.79 bits per heavy atom. The van der Waals surface area contributed by atoms with Gasteiger partial charge in [0.2, 0.25) is 5.91 Å². The third-order valence-electron chi connectivity index (χ3n) is 8.16. The molecule has 1 aliphatic carbocycles. The lowest BCUT2D eigenvalue weighted by atomic mass is 9.90. The highest BCUT2D eigenvalue weighted by Crippen LogP contribution is 2.35. The predicted molar refractivity (Wildman–Crippen MR) is 154 cm³/mol. The van der Waals surface area contributed by atoms with Crippen molar-refractivity contribution in [3.05, 3.63) is 64.2 Å². The Balaban J connectivity index is 1.24. The number of piperidine rings is 1. The summed E-state index contributed by atoms with van der Waals surface area (Å²) in [5.74, 6) is 1.10. The number of hydrogen-bond donors (Lipinski definition) is 1. The minimum atomic E-state index is 0.0136. The molecule has 2 aliphatic heterocycles. The fourth-order valence-corrected chi connectivity index (χ4v) is 6.14. The van der Waals surface area contributed by atoms with Crippen LogP contribution in [0.15, 0.2) is 42.5 Å². The first-order chi connectivity index (χ1) is 18.6. The number of methoxy groups -OCH3 is 1. The lowest BCUT2D eigenvalue weighted by Gasteiger charge is -2.34. The maximum absolute atomic E-state index is 13.0. The first-order valence-electron chi connectivity index (χ1n) is 14.1. The van der Waals surface area contributed by atoms with Crippen molar-refractivity contribution in [3.63, 3.8) is 0 Å². The van der Waals surface area contributed by atoms with Gasteiger partial charge in [0.05, 0.1) is 26.2 Å². The van der Waals surface area contributed by atoms with Crippen molar-refractivity contribution in [2.75, 3.05) is 64.5 Å². The topological polar surface area (TPSA) is 54.0 Å². The van der Waals surface area contributed by atoms with Crippen molar-refractivity contribution in [1.29, 1.82) is 0 Å². The number of carbonyl (C=O) groups is 1. The monoisotopic (exact) mass is 537 g/mol. The summed E-state index contributed by atoms with van der Waals surface area (Å²) in [5, 5.41) is 3.98. The molecule has 2 fully saturated rings. The average molecular weight is 538 g/mol. The van der Waals surface area contributed by atoms with Gasteiger partial charge in [-0.1, -0.05) is 23.7 Å². The molecule has 7 heteroatoms. The van der Waals surface area contributed by atoms with Crippen LogP contribution >= 0.6 is 11.6 Å². The first kappa shape index (κ1) is 27.0. The van der Waals surface area contributed by atoms with Crippen LogP contribution < -0.4 is 15.0 Å². The number of rotatable bonds is 7. The van der Waals surface area contributed by atoms with Gasteiger partial charge in [-0.2, -0.15) is 0 Å². The summed E-state index contributed by atoms with van der Waals surface area (Å²) in [6.07, 6.45) is 8.31. The Kier molecular flexibility index (Phi) is 9.26. The van der Waals surface area contributed by atoms with Gasteiger partial charge in [-0.3, -0.25) is 9.69 Å². The fraction of sp³-hybridized carbons (Fsp3) is 0.516. The number of allylic oxidation sites excluding steroid dienone is 2. The van der Waals surface area contributed by atoms with Gasteiger partial charge in [0, 0.05) is 50.0 Å². The number of fused-ring (bicyclic) bond motifs is 1. The van der Waals surface area contributed by atoms with Gasteiger partial charge in [-0.05, 0) is 91.1 Å². The first-order valence-corrected chi connectivity index (χ1v) is 14.5. The molecule has 38 heavy (non-hydrogen) atoms. The number of amides is 1. The van der Waals surface area contributed by atoms with Crippen molar-refractivity contribution in [3.8, 4) is 5.75 Å². The summed E-state index contributed by atoms with van der Waals surface area (Å²) < 4.78 is 10.9. The molecule has 0 saturated carbocycles. The third kappa shape index (κ3) is 6.71. The molecule has 0 bridgehead atoms. The number of benzene rings is 2. The standard InChI is InChI=1S/C31H40ClN3O3/c1-37-28-11-9-23-4-2-5-24(7-8-25(23)20-28)29-21-27(10-12-30(29)32)35-14-3-6-26(22-35)31(36)33-13-15-34-16-18-38-19-17-34/h7,9-12,20-21,26H,2-6,8,13-19,22H2,1H3,(H,33,36)/b24-7-/t26-/m1/s1. The zero-order chi connectivity index (χ0) is 26.3. The SMILES string of the molecule is COc1ccc2c(c1)C/C=C(\c1cc(N3CCC[C@@H](C(=O)NCCN4CCOCC4)C3)ccc1Cl)CCC2. The Bertz CT molecular complexity index is 1150. The van der Waals surface area contributed by atoms with E-state index in [9.17, 15) is 4.79 Å². The second-order valence-corrected chi connectivity index (χ2v) is 11.0. The number of aryl methyl sites for hydroxylation is 1. The summed E-state index contributed by atoms with van der Waals surface area (Å²) in [4.78, 5) is 17.7. The van der Waals surface area contributed by atoms with Crippen LogP contribution in [0.25, 0.3) is 5.57 Å². The summed E-state index contributed by atoms with van der Waals surface area (Å²) in [7, 11) is 1.72. The van der Waals surface area contributed by atoms with Crippen LogP contribution in [0.5, 0.6) is 5.75 Å². The molecule has 5 rings (SSSR count). The molecule has 0 radical (unpaired) electrons. The number of ether oxygens (including phenoxy) is 2. The van der Waals surface area contributed by atoms with Gasteiger partial charge in [0.15, 0.2) is 0 Å². The van der Waals surface area contributed by atoms with E-state index >= 15 is 0 Å². The van der Waals surface area contributed by atoms with E-state index in [1.54, 1.807) is 7.11 Å². The Morgan fingerprint density at radius 2 is 1.95 bits per heavy atom. The van der Waals surface area contributed by atoms with E-state index in [2.05, 4.69) is 51.5 Å². The van der Waals surface area contributed by atoms with Crippen LogP contribution in [-0.4, -0.2) is 70.4 Å². The summed E-state index contributed by atoms with van der Waals surface area (Å²) in [6.45, 7) is 6.76. The lowest BCUT2D eigenvalue weighted by Crippen LogP contribution is -2.46. The van der Waals surface area contributed by atoms with E-state index in [-0.39, 0.29) is 11.8 Å². The van der Waals surface area contributed by atoms with Crippen molar-refractivity contribution in [2.45, 2.75) is 38.5 Å². The molecule has 2 saturated heterocycles. The van der Waals surface area contributed by atoms with E-state index < -0.39 is 0 Å². The average Bonchev–Trinajstić information content (AvgIpc) is 2.94. The van der Waals surface area contributed by atoms with Gasteiger partial charge in [0.1, 0.15) is 5.75 Å². The van der Waals surface area contributed by atoms with Crippen molar-refractivity contribution in [2.24, 2.45) is 5.92 Å². The molecule has 204 valence electrons. The highest BCUT2D eigenvalue weighted by atomic mass is 35.5. The molecule has 0 unspecified atom stereocenters. The van der Waals surface area contributed by atoms with Gasteiger partial charge in [-0.25, -0.2) is 0 Å². The minimum absolute atomic E-state index is 0.0136. The van der Waals surface area contributed by atoms with Crippen LogP contribution in [0, 0.1) is 5.92 Å². The molecule has 0 aromatic heterocycles. The van der Waals surface area contributed by atoms with E-state index in [1.807, 2.05) is 6.07 Å². The fourth-order valence-electron chi connectivity index (χ4n) is 5.90. The molecule has 0 spiro atoms. The largest absolute Gasteiger partial charge is 0.497 e. The second-order valence-electron chi connectivity index (χ2n) is 10.6. The molecule has 6 nitrogen and oxygen atoms in total. The van der Waals surface area contributed by atoms with Gasteiger partial charge >= 0.3 is 0 Å². The van der Waals surface area contributed by atoms with Crippen LogP contribution in [0.2, 0.25) is 5.02 Å². The highest BCUT2D eigenvalue weighted by molar-refractivity contribution is 6.32. The zero-order valence-corrected chi connectivity index (χ0v) is 23.3. The van der Waals surface area contributed by atoms with Crippen LogP contribution in [-0.2, 0) is 22.4 Å². The number of anilines is 1. The quantitative estimate of drug-likeness (QED) is 0.540. The number of nitrogens with zero attached hydrogens (tertiary/aromatic N) is 2. The van der Waals surface area contributed by atoms with E-state index in [0.717, 1.165) is 106 Å². The lowest BCUT2D eigenvalue weighted by molar-refractivity contribution is -0.125. The highest BCUT2D eigenvalue weighted by Gasteiger charge is 2.26. The molecule has 1 amide bonds. The third-order valence-corrected chi connectivity index (χ3v) is 8.49. The van der Waals surface area contributed by atoms with Crippen LogP contribution in [0.1, 0.15) is 42.4 Å². The van der Waals surface area contributed by atoms with Crippen molar-refractivity contribution < 1.29 is 14.3 Å². The molecule has 2 aromatic carbocycles. The number of halogens is 1. The van der Waals surface area contributed by atoms with E-state index in [4.69, 9.17) is 21.1 Å². The van der Waals surface area contributed by atoms with Gasteiger partial charge < -0.3 is 19.7 Å². The molecule has 1 N–H and O–H groups in total. The smallest absolute Gasteiger partial charge is 0.224 e. The second kappa shape index (κ2) is 13.0. The van der Waals surface area contributed by atoms with Crippen molar-refractivity contribution >= 4 is 28.8 Å². The Labute approximate surface area is 231 Å². The number of morpholine rings is 1.